The number of rotatable bonds is 4. The zero-order valence-electron chi connectivity index (χ0n) is 10.5. The lowest BCUT2D eigenvalue weighted by atomic mass is 10.1. The van der Waals surface area contributed by atoms with Gasteiger partial charge in [-0.05, 0) is 30.5 Å². The summed E-state index contributed by atoms with van der Waals surface area (Å²) in [7, 11) is -6.78. The summed E-state index contributed by atoms with van der Waals surface area (Å²) < 4.78 is 49.2. The number of sulfonamides is 1. The molecule has 1 unspecified atom stereocenters. The molecule has 1 atom stereocenters. The lowest BCUT2D eigenvalue weighted by molar-refractivity contribution is 0.543. The van der Waals surface area contributed by atoms with E-state index in [-0.39, 0.29) is 33.9 Å². The Balaban J connectivity index is 2.08. The molecule has 0 bridgehead atoms. The van der Waals surface area contributed by atoms with Crippen LogP contribution in [0, 0.1) is 5.92 Å². The van der Waals surface area contributed by atoms with Crippen LogP contribution in [0.15, 0.2) is 23.1 Å². The summed E-state index contributed by atoms with van der Waals surface area (Å²) in [5.41, 5.74) is 5.88. The third-order valence-corrected chi connectivity index (χ3v) is 6.88. The van der Waals surface area contributed by atoms with Gasteiger partial charge in [0.2, 0.25) is 10.0 Å². The summed E-state index contributed by atoms with van der Waals surface area (Å²) in [5, 5.41) is 0.0385. The van der Waals surface area contributed by atoms with Crippen molar-refractivity contribution >= 4 is 37.1 Å². The Hall–Kier alpha value is -0.830. The van der Waals surface area contributed by atoms with Crippen LogP contribution in [-0.4, -0.2) is 34.9 Å². The SMILES string of the molecule is Nc1ccc(S(=O)(=O)NCC2CCS(=O)(=O)C2)c(Cl)c1. The zero-order valence-corrected chi connectivity index (χ0v) is 12.9. The fraction of sp³-hybridized carbons (Fsp3) is 0.455. The minimum absolute atomic E-state index is 0.0188. The van der Waals surface area contributed by atoms with E-state index in [0.717, 1.165) is 0 Å². The molecule has 1 saturated heterocycles. The third kappa shape index (κ3) is 3.63. The number of hydrogen-bond donors (Lipinski definition) is 2. The van der Waals surface area contributed by atoms with Gasteiger partial charge in [0.1, 0.15) is 4.90 Å². The van der Waals surface area contributed by atoms with E-state index in [2.05, 4.69) is 4.72 Å². The Morgan fingerprint density at radius 2 is 2.10 bits per heavy atom. The Bertz CT molecular complexity index is 716. The number of nitrogens with two attached hydrogens (primary N) is 1. The first-order chi connectivity index (χ1) is 9.20. The number of benzene rings is 1. The van der Waals surface area contributed by atoms with Crippen molar-refractivity contribution in [2.24, 2.45) is 5.92 Å². The van der Waals surface area contributed by atoms with Crippen molar-refractivity contribution in [2.45, 2.75) is 11.3 Å². The van der Waals surface area contributed by atoms with Gasteiger partial charge in [-0.15, -0.1) is 0 Å². The van der Waals surface area contributed by atoms with E-state index in [1.54, 1.807) is 0 Å². The Morgan fingerprint density at radius 3 is 2.65 bits per heavy atom. The Labute approximate surface area is 123 Å². The van der Waals surface area contributed by atoms with Gasteiger partial charge in [0.15, 0.2) is 9.84 Å². The van der Waals surface area contributed by atoms with Gasteiger partial charge >= 0.3 is 0 Å². The minimum Gasteiger partial charge on any atom is -0.399 e. The lowest BCUT2D eigenvalue weighted by Gasteiger charge is -2.11. The first-order valence-corrected chi connectivity index (χ1v) is 9.63. The monoisotopic (exact) mass is 338 g/mol. The number of sulfone groups is 1. The van der Waals surface area contributed by atoms with Crippen molar-refractivity contribution < 1.29 is 16.8 Å². The average molecular weight is 339 g/mol. The summed E-state index contributed by atoms with van der Waals surface area (Å²) in [5.74, 6) is -0.0603. The van der Waals surface area contributed by atoms with Gasteiger partial charge in [0.25, 0.3) is 0 Å². The van der Waals surface area contributed by atoms with Crippen LogP contribution in [0.3, 0.4) is 0 Å². The molecule has 1 aliphatic heterocycles. The molecule has 1 heterocycles. The third-order valence-electron chi connectivity index (χ3n) is 3.13. The molecule has 0 saturated carbocycles. The molecule has 3 N–H and O–H groups in total. The molecule has 0 spiro atoms. The highest BCUT2D eigenvalue weighted by molar-refractivity contribution is 7.91. The highest BCUT2D eigenvalue weighted by Crippen LogP contribution is 2.24. The van der Waals surface area contributed by atoms with Gasteiger partial charge in [-0.25, -0.2) is 21.6 Å². The number of anilines is 1. The van der Waals surface area contributed by atoms with Crippen molar-refractivity contribution in [2.75, 3.05) is 23.8 Å². The largest absolute Gasteiger partial charge is 0.399 e. The molecule has 0 radical (unpaired) electrons. The second-order valence-electron chi connectivity index (χ2n) is 4.81. The Kier molecular flexibility index (Phi) is 4.29. The van der Waals surface area contributed by atoms with Gasteiger partial charge in [0, 0.05) is 12.2 Å². The fourth-order valence-electron chi connectivity index (χ4n) is 2.07. The van der Waals surface area contributed by atoms with Crippen molar-refractivity contribution in [3.63, 3.8) is 0 Å². The molecule has 112 valence electrons. The van der Waals surface area contributed by atoms with Crippen LogP contribution in [0.25, 0.3) is 0 Å². The van der Waals surface area contributed by atoms with Gasteiger partial charge in [-0.3, -0.25) is 0 Å². The van der Waals surface area contributed by atoms with Gasteiger partial charge in [0.05, 0.1) is 16.5 Å². The molecule has 1 aliphatic rings. The normalized spacial score (nSPS) is 21.9. The van der Waals surface area contributed by atoms with Crippen LogP contribution in [0.4, 0.5) is 5.69 Å². The molecular weight excluding hydrogens is 324 g/mol. The maximum Gasteiger partial charge on any atom is 0.242 e. The molecular formula is C11H15ClN2O4S2. The van der Waals surface area contributed by atoms with Crippen molar-refractivity contribution in [1.29, 1.82) is 0 Å². The second kappa shape index (κ2) is 5.51. The fourth-order valence-corrected chi connectivity index (χ4v) is 5.60. The summed E-state index contributed by atoms with van der Waals surface area (Å²) in [6, 6.07) is 4.13. The van der Waals surface area contributed by atoms with Gasteiger partial charge in [-0.2, -0.15) is 0 Å². The van der Waals surface area contributed by atoms with Crippen LogP contribution in [0.2, 0.25) is 5.02 Å². The molecule has 1 aromatic rings. The number of nitrogen functional groups attached to an aromatic ring is 1. The predicted molar refractivity (Wildman–Crippen MR) is 77.8 cm³/mol. The summed E-state index contributed by atoms with van der Waals surface area (Å²) in [4.78, 5) is -0.0609. The quantitative estimate of drug-likeness (QED) is 0.783. The van der Waals surface area contributed by atoms with Crippen molar-refractivity contribution in [3.05, 3.63) is 23.2 Å². The molecule has 2 rings (SSSR count). The van der Waals surface area contributed by atoms with Crippen LogP contribution in [0.1, 0.15) is 6.42 Å². The first-order valence-electron chi connectivity index (χ1n) is 5.95. The standard InChI is InChI=1S/C11H15ClN2O4S2/c12-10-5-9(13)1-2-11(10)20(17,18)14-6-8-3-4-19(15,16)7-8/h1-2,5,8,14H,3-4,6-7,13H2. The van der Waals surface area contributed by atoms with E-state index in [0.29, 0.717) is 12.1 Å². The Morgan fingerprint density at radius 1 is 1.40 bits per heavy atom. The maximum atomic E-state index is 12.1. The zero-order chi connectivity index (χ0) is 15.0. The van der Waals surface area contributed by atoms with E-state index in [4.69, 9.17) is 17.3 Å². The highest BCUT2D eigenvalue weighted by Gasteiger charge is 2.29. The van der Waals surface area contributed by atoms with Crippen molar-refractivity contribution in [3.8, 4) is 0 Å². The topological polar surface area (TPSA) is 106 Å². The molecule has 9 heteroatoms. The maximum absolute atomic E-state index is 12.1. The highest BCUT2D eigenvalue weighted by atomic mass is 35.5. The van der Waals surface area contributed by atoms with Crippen LogP contribution in [0.5, 0.6) is 0 Å². The van der Waals surface area contributed by atoms with Crippen LogP contribution in [-0.2, 0) is 19.9 Å². The van der Waals surface area contributed by atoms with E-state index in [1.807, 2.05) is 0 Å². The van der Waals surface area contributed by atoms with E-state index in [9.17, 15) is 16.8 Å². The number of halogens is 1. The molecule has 1 aromatic carbocycles. The molecule has 1 fully saturated rings. The van der Waals surface area contributed by atoms with Gasteiger partial charge < -0.3 is 5.73 Å². The predicted octanol–water partition coefficient (Wildman–Crippen LogP) is 0.635. The molecule has 0 aromatic heterocycles. The summed E-state index contributed by atoms with van der Waals surface area (Å²) in [6.07, 6.45) is 0.473. The van der Waals surface area contributed by atoms with E-state index in [1.165, 1.54) is 18.2 Å². The summed E-state index contributed by atoms with van der Waals surface area (Å²) >= 11 is 5.86. The number of nitrogens with one attached hydrogen (secondary N) is 1. The second-order valence-corrected chi connectivity index (χ2v) is 9.18. The molecule has 0 aliphatic carbocycles. The first kappa shape index (κ1) is 15.6. The molecule has 6 nitrogen and oxygen atoms in total. The molecule has 20 heavy (non-hydrogen) atoms. The van der Waals surface area contributed by atoms with E-state index >= 15 is 0 Å². The lowest BCUT2D eigenvalue weighted by Crippen LogP contribution is -2.30. The smallest absolute Gasteiger partial charge is 0.242 e. The van der Waals surface area contributed by atoms with Crippen LogP contribution >= 0.6 is 11.6 Å². The van der Waals surface area contributed by atoms with Gasteiger partial charge in [-0.1, -0.05) is 11.6 Å². The average Bonchev–Trinajstić information content (AvgIpc) is 2.66. The molecule has 0 amide bonds. The van der Waals surface area contributed by atoms with Crippen LogP contribution < -0.4 is 10.5 Å². The van der Waals surface area contributed by atoms with E-state index < -0.39 is 19.9 Å². The minimum atomic E-state index is -3.76. The number of hydrogen-bond acceptors (Lipinski definition) is 5. The van der Waals surface area contributed by atoms with Crippen molar-refractivity contribution in [1.82, 2.24) is 4.72 Å². The summed E-state index contributed by atoms with van der Waals surface area (Å²) in [6.45, 7) is 0.0856.